The highest BCUT2D eigenvalue weighted by Gasteiger charge is 2.15. The molecule has 31 heavy (non-hydrogen) atoms. The average Bonchev–Trinajstić information content (AvgIpc) is 3.04. The van der Waals surface area contributed by atoms with E-state index >= 15 is 0 Å². The van der Waals surface area contributed by atoms with Crippen molar-refractivity contribution in [2.45, 2.75) is 13.0 Å². The lowest BCUT2D eigenvalue weighted by atomic mass is 10.0. The van der Waals surface area contributed by atoms with Crippen LogP contribution in [0, 0.1) is 5.82 Å². The summed E-state index contributed by atoms with van der Waals surface area (Å²) in [5, 5.41) is 2.63. The number of aromatic nitrogens is 1. The number of carbonyl (C=O) groups is 2. The van der Waals surface area contributed by atoms with Crippen LogP contribution in [0.4, 0.5) is 4.39 Å². The zero-order valence-corrected chi connectivity index (χ0v) is 17.4. The first-order valence-electron chi connectivity index (χ1n) is 9.70. The summed E-state index contributed by atoms with van der Waals surface area (Å²) in [5.41, 5.74) is 2.62. The molecule has 0 unspecified atom stereocenters. The van der Waals surface area contributed by atoms with Gasteiger partial charge in [0, 0.05) is 23.8 Å². The van der Waals surface area contributed by atoms with Gasteiger partial charge in [0.25, 0.3) is 5.91 Å². The Kier molecular flexibility index (Phi) is 7.45. The van der Waals surface area contributed by atoms with Gasteiger partial charge in [-0.05, 0) is 55.0 Å². The second-order valence-electron chi connectivity index (χ2n) is 6.79. The second kappa shape index (κ2) is 10.4. The first-order chi connectivity index (χ1) is 15.0. The molecule has 1 aliphatic rings. The van der Waals surface area contributed by atoms with E-state index < -0.39 is 0 Å². The molecule has 1 amide bonds. The molecule has 160 valence electrons. The van der Waals surface area contributed by atoms with Crippen LogP contribution in [0.25, 0.3) is 11.3 Å². The van der Waals surface area contributed by atoms with Gasteiger partial charge in [-0.25, -0.2) is 9.37 Å². The average molecular weight is 422 g/mol. The van der Waals surface area contributed by atoms with Gasteiger partial charge in [0.1, 0.15) is 17.3 Å². The lowest BCUT2D eigenvalue weighted by Crippen LogP contribution is -2.30. The summed E-state index contributed by atoms with van der Waals surface area (Å²) < 4.78 is 23.7. The van der Waals surface area contributed by atoms with Crippen LogP contribution >= 0.6 is 0 Å². The molecule has 1 aromatic carbocycles. The molecule has 0 fully saturated rings. The van der Waals surface area contributed by atoms with Gasteiger partial charge >= 0.3 is 0 Å². The van der Waals surface area contributed by atoms with Gasteiger partial charge in [0.05, 0.1) is 26.0 Å². The summed E-state index contributed by atoms with van der Waals surface area (Å²) in [4.78, 5) is 29.6. The highest BCUT2D eigenvalue weighted by atomic mass is 19.1. The summed E-state index contributed by atoms with van der Waals surface area (Å²) in [6, 6.07) is 9.20. The fourth-order valence-corrected chi connectivity index (χ4v) is 3.06. The number of nitrogens with one attached hydrogen (secondary N) is 1. The van der Waals surface area contributed by atoms with Gasteiger partial charge in [-0.15, -0.1) is 0 Å². The van der Waals surface area contributed by atoms with Crippen LogP contribution in [0.3, 0.4) is 0 Å². The molecule has 6 nitrogen and oxygen atoms in total. The van der Waals surface area contributed by atoms with Gasteiger partial charge in [-0.3, -0.25) is 9.59 Å². The van der Waals surface area contributed by atoms with Crippen LogP contribution in [0.2, 0.25) is 0 Å². The Bertz CT molecular complexity index is 1060. The number of pyridine rings is 1. The Balaban J connectivity index is 1.73. The maximum atomic E-state index is 13.3. The largest absolute Gasteiger partial charge is 0.497 e. The number of Topliss-reactive ketones (excluding diaryl/α,β-unsaturated/α-hetero) is 1. The number of allylic oxidation sites excluding steroid dienone is 3. The van der Waals surface area contributed by atoms with Crippen LogP contribution < -0.4 is 5.32 Å². The highest BCUT2D eigenvalue weighted by Crippen LogP contribution is 2.23. The topological polar surface area (TPSA) is 77.5 Å². The highest BCUT2D eigenvalue weighted by molar-refractivity contribution is 6.02. The standard InChI is InChI=1S/C24H23FN2O4/c1-30-15-18-9-13-21(27-23(18)16-6-10-19(25)11-7-16)22(28)14-26-24(29)17-4-3-5-20(31-2)12-8-17/h4-13H,3,14-15H2,1-2H3,(H,26,29). The summed E-state index contributed by atoms with van der Waals surface area (Å²) in [7, 11) is 3.12. The number of rotatable bonds is 8. The van der Waals surface area contributed by atoms with Gasteiger partial charge in [-0.1, -0.05) is 12.1 Å². The number of amides is 1. The lowest BCUT2D eigenvalue weighted by Gasteiger charge is -2.11. The van der Waals surface area contributed by atoms with E-state index in [0.29, 0.717) is 35.6 Å². The van der Waals surface area contributed by atoms with Crippen LogP contribution in [0.5, 0.6) is 0 Å². The van der Waals surface area contributed by atoms with Crippen LogP contribution in [0.1, 0.15) is 22.5 Å². The van der Waals surface area contributed by atoms with E-state index in [9.17, 15) is 14.0 Å². The predicted molar refractivity (Wildman–Crippen MR) is 115 cm³/mol. The number of hydrogen-bond donors (Lipinski definition) is 1. The summed E-state index contributed by atoms with van der Waals surface area (Å²) in [6.45, 7) is 0.0942. The lowest BCUT2D eigenvalue weighted by molar-refractivity contribution is -0.117. The van der Waals surface area contributed by atoms with E-state index in [0.717, 1.165) is 5.56 Å². The zero-order valence-electron chi connectivity index (χ0n) is 17.4. The van der Waals surface area contributed by atoms with E-state index in [2.05, 4.69) is 10.3 Å². The Labute approximate surface area is 180 Å². The Hall–Kier alpha value is -3.58. The Morgan fingerprint density at radius 2 is 1.84 bits per heavy atom. The quantitative estimate of drug-likeness (QED) is 0.656. The minimum Gasteiger partial charge on any atom is -0.497 e. The third kappa shape index (κ3) is 5.73. The Morgan fingerprint density at radius 1 is 1.06 bits per heavy atom. The van der Waals surface area contributed by atoms with Crippen molar-refractivity contribution in [1.29, 1.82) is 0 Å². The fourth-order valence-electron chi connectivity index (χ4n) is 3.06. The maximum absolute atomic E-state index is 13.3. The third-order valence-electron chi connectivity index (χ3n) is 4.67. The first kappa shape index (κ1) is 22.1. The van der Waals surface area contributed by atoms with Crippen molar-refractivity contribution >= 4 is 11.7 Å². The molecule has 1 aromatic heterocycles. The minimum absolute atomic E-state index is 0.200. The fraction of sp³-hybridized carbons (Fsp3) is 0.208. The number of benzene rings is 1. The van der Waals surface area contributed by atoms with Crippen molar-refractivity contribution in [3.8, 4) is 11.3 Å². The number of hydrogen-bond acceptors (Lipinski definition) is 5. The molecule has 0 bridgehead atoms. The molecule has 0 saturated carbocycles. The van der Waals surface area contributed by atoms with Crippen molar-refractivity contribution in [3.05, 3.63) is 89.1 Å². The molecular weight excluding hydrogens is 399 g/mol. The van der Waals surface area contributed by atoms with Crippen LogP contribution in [-0.2, 0) is 20.9 Å². The number of ketones is 1. The van der Waals surface area contributed by atoms with Crippen molar-refractivity contribution in [1.82, 2.24) is 10.3 Å². The molecule has 0 saturated heterocycles. The van der Waals surface area contributed by atoms with Gasteiger partial charge < -0.3 is 14.8 Å². The SMILES string of the molecule is COCc1ccc(C(=O)CNC(=O)C2=CCC=C(OC)C=C2)nc1-c1ccc(F)cc1. The molecule has 0 radical (unpaired) electrons. The molecule has 1 aliphatic carbocycles. The zero-order chi connectivity index (χ0) is 22.2. The first-order valence-corrected chi connectivity index (χ1v) is 9.70. The second-order valence-corrected chi connectivity index (χ2v) is 6.79. The monoisotopic (exact) mass is 422 g/mol. The van der Waals surface area contributed by atoms with E-state index in [4.69, 9.17) is 9.47 Å². The third-order valence-corrected chi connectivity index (χ3v) is 4.67. The van der Waals surface area contributed by atoms with Gasteiger partial charge in [-0.2, -0.15) is 0 Å². The van der Waals surface area contributed by atoms with Crippen LogP contribution in [-0.4, -0.2) is 37.4 Å². The van der Waals surface area contributed by atoms with E-state index in [-0.39, 0.29) is 29.7 Å². The molecule has 3 rings (SSSR count). The minimum atomic E-state index is -0.360. The normalized spacial score (nSPS) is 13.1. The molecule has 2 aromatic rings. The smallest absolute Gasteiger partial charge is 0.251 e. The summed E-state index contributed by atoms with van der Waals surface area (Å²) in [5.74, 6) is -0.384. The van der Waals surface area contributed by atoms with E-state index in [1.54, 1.807) is 56.7 Å². The molecular formula is C24H23FN2O4. The van der Waals surface area contributed by atoms with Crippen molar-refractivity contribution < 1.29 is 23.5 Å². The maximum Gasteiger partial charge on any atom is 0.251 e. The van der Waals surface area contributed by atoms with Gasteiger partial charge in [0.15, 0.2) is 5.78 Å². The van der Waals surface area contributed by atoms with Crippen molar-refractivity contribution in [2.24, 2.45) is 0 Å². The molecule has 1 heterocycles. The summed E-state index contributed by atoms with van der Waals surface area (Å²) >= 11 is 0. The molecule has 7 heteroatoms. The summed E-state index contributed by atoms with van der Waals surface area (Å²) in [6.07, 6.45) is 7.51. The van der Waals surface area contributed by atoms with E-state index in [1.807, 2.05) is 6.08 Å². The predicted octanol–water partition coefficient (Wildman–Crippen LogP) is 3.75. The number of halogens is 1. The number of nitrogens with zero attached hydrogens (tertiary/aromatic N) is 1. The van der Waals surface area contributed by atoms with Crippen molar-refractivity contribution in [3.63, 3.8) is 0 Å². The molecule has 0 atom stereocenters. The molecule has 1 N–H and O–H groups in total. The number of ether oxygens (including phenoxy) is 2. The number of carbonyl (C=O) groups excluding carboxylic acids is 2. The van der Waals surface area contributed by atoms with Crippen LogP contribution in [0.15, 0.2) is 72.0 Å². The molecule has 0 aliphatic heterocycles. The molecule has 0 spiro atoms. The number of methoxy groups -OCH3 is 2. The Morgan fingerprint density at radius 3 is 2.55 bits per heavy atom. The van der Waals surface area contributed by atoms with Gasteiger partial charge in [0.2, 0.25) is 0 Å². The van der Waals surface area contributed by atoms with E-state index in [1.165, 1.54) is 12.1 Å². The van der Waals surface area contributed by atoms with Crippen molar-refractivity contribution in [2.75, 3.05) is 20.8 Å².